The predicted molar refractivity (Wildman–Crippen MR) is 86.6 cm³/mol. The summed E-state index contributed by atoms with van der Waals surface area (Å²) in [4.78, 5) is 32.2. The molecule has 1 aliphatic rings. The van der Waals surface area contributed by atoms with Gasteiger partial charge in [-0.3, -0.25) is 9.59 Å². The fourth-order valence-electron chi connectivity index (χ4n) is 2.59. The van der Waals surface area contributed by atoms with Crippen molar-refractivity contribution in [1.82, 2.24) is 15.2 Å². The van der Waals surface area contributed by atoms with Gasteiger partial charge in [0.1, 0.15) is 5.76 Å². The smallest absolute Gasteiger partial charge is 0.276 e. The van der Waals surface area contributed by atoms with Gasteiger partial charge >= 0.3 is 0 Å². The molecular weight excluding hydrogens is 314 g/mol. The highest BCUT2D eigenvalue weighted by atomic mass is 32.1. The van der Waals surface area contributed by atoms with Gasteiger partial charge in [-0.05, 0) is 38.8 Å². The van der Waals surface area contributed by atoms with Crippen LogP contribution in [-0.2, 0) is 6.54 Å². The molecule has 1 N–H and O–H groups in total. The third-order valence-corrected chi connectivity index (χ3v) is 4.80. The number of hydrogen-bond acceptors (Lipinski definition) is 5. The molecule has 7 heteroatoms. The molecule has 0 aromatic carbocycles. The molecule has 0 atom stereocenters. The minimum absolute atomic E-state index is 0.0878. The van der Waals surface area contributed by atoms with Crippen LogP contribution in [0.1, 0.15) is 49.5 Å². The Labute approximate surface area is 138 Å². The number of carbonyl (C=O) groups excluding carboxylic acids is 2. The van der Waals surface area contributed by atoms with Crippen molar-refractivity contribution in [3.05, 3.63) is 39.2 Å². The number of rotatable bonds is 4. The van der Waals surface area contributed by atoms with Crippen molar-refractivity contribution in [2.75, 3.05) is 13.1 Å². The van der Waals surface area contributed by atoms with Gasteiger partial charge in [0, 0.05) is 18.0 Å². The molecule has 2 aromatic rings. The molecule has 0 saturated carbocycles. The highest BCUT2D eigenvalue weighted by Crippen LogP contribution is 2.17. The van der Waals surface area contributed by atoms with Gasteiger partial charge in [-0.2, -0.15) is 0 Å². The molecule has 1 aliphatic heterocycles. The molecule has 122 valence electrons. The first-order valence-corrected chi connectivity index (χ1v) is 8.46. The minimum Gasteiger partial charge on any atom is -0.443 e. The number of carbonyl (C=O) groups is 2. The Hall–Kier alpha value is -2.15. The van der Waals surface area contributed by atoms with Gasteiger partial charge in [0.2, 0.25) is 5.89 Å². The van der Waals surface area contributed by atoms with Gasteiger partial charge in [0.05, 0.1) is 11.4 Å². The van der Waals surface area contributed by atoms with Crippen LogP contribution in [-0.4, -0.2) is 34.8 Å². The van der Waals surface area contributed by atoms with Gasteiger partial charge in [-0.15, -0.1) is 11.3 Å². The van der Waals surface area contributed by atoms with E-state index in [0.717, 1.165) is 30.8 Å². The molecule has 6 nitrogen and oxygen atoms in total. The van der Waals surface area contributed by atoms with E-state index in [4.69, 9.17) is 4.42 Å². The molecule has 0 bridgehead atoms. The lowest BCUT2D eigenvalue weighted by atomic mass is 10.3. The maximum Gasteiger partial charge on any atom is 0.276 e. The number of aryl methyl sites for hydroxylation is 2. The molecule has 0 spiro atoms. The Morgan fingerprint density at radius 1 is 1.30 bits per heavy atom. The normalized spacial score (nSPS) is 14.3. The molecule has 2 amide bonds. The number of oxazole rings is 1. The number of amides is 2. The molecule has 1 saturated heterocycles. The van der Waals surface area contributed by atoms with E-state index < -0.39 is 0 Å². The summed E-state index contributed by atoms with van der Waals surface area (Å²) in [5.74, 6) is 0.603. The van der Waals surface area contributed by atoms with Gasteiger partial charge in [-0.25, -0.2) is 4.98 Å². The topological polar surface area (TPSA) is 75.4 Å². The zero-order valence-electron chi connectivity index (χ0n) is 13.2. The second kappa shape index (κ2) is 6.54. The number of likely N-dealkylation sites (tertiary alicyclic amines) is 1. The maximum atomic E-state index is 12.4. The lowest BCUT2D eigenvalue weighted by Crippen LogP contribution is -2.28. The lowest BCUT2D eigenvalue weighted by molar-refractivity contribution is 0.0785. The number of aromatic nitrogens is 1. The molecule has 3 heterocycles. The van der Waals surface area contributed by atoms with Crippen molar-refractivity contribution in [2.45, 2.75) is 33.2 Å². The lowest BCUT2D eigenvalue weighted by Gasteiger charge is -2.13. The molecular formula is C16H19N3O3S. The van der Waals surface area contributed by atoms with Gasteiger partial charge in [0.15, 0.2) is 5.69 Å². The van der Waals surface area contributed by atoms with Crippen molar-refractivity contribution in [1.29, 1.82) is 0 Å². The van der Waals surface area contributed by atoms with Gasteiger partial charge in [0.25, 0.3) is 11.8 Å². The molecule has 1 fully saturated rings. The van der Waals surface area contributed by atoms with E-state index in [0.29, 0.717) is 22.2 Å². The Balaban J connectivity index is 1.64. The van der Waals surface area contributed by atoms with E-state index in [1.165, 1.54) is 11.3 Å². The Bertz CT molecular complexity index is 729. The number of nitrogens with zero attached hydrogens (tertiary/aromatic N) is 2. The van der Waals surface area contributed by atoms with E-state index in [9.17, 15) is 9.59 Å². The first-order valence-electron chi connectivity index (χ1n) is 7.65. The van der Waals surface area contributed by atoms with Crippen LogP contribution in [0.25, 0.3) is 0 Å². The number of nitrogens with one attached hydrogen (secondary N) is 1. The third kappa shape index (κ3) is 3.44. The number of hydrogen-bond donors (Lipinski definition) is 1. The van der Waals surface area contributed by atoms with Crippen LogP contribution >= 0.6 is 11.3 Å². The monoisotopic (exact) mass is 333 g/mol. The zero-order chi connectivity index (χ0) is 16.4. The van der Waals surface area contributed by atoms with E-state index in [2.05, 4.69) is 10.3 Å². The quantitative estimate of drug-likeness (QED) is 0.933. The summed E-state index contributed by atoms with van der Waals surface area (Å²) in [6, 6.07) is 3.69. The molecule has 0 aliphatic carbocycles. The standard InChI is InChI=1S/C16H19N3O3S/c1-10-5-6-12(23-10)15(20)17-9-13-18-14(11(2)22-13)16(21)19-7-3-4-8-19/h5-6H,3-4,7-9H2,1-2H3,(H,17,20). The van der Waals surface area contributed by atoms with Crippen LogP contribution in [0.5, 0.6) is 0 Å². The van der Waals surface area contributed by atoms with E-state index in [1.54, 1.807) is 17.9 Å². The van der Waals surface area contributed by atoms with Gasteiger partial charge in [-0.1, -0.05) is 0 Å². The van der Waals surface area contributed by atoms with Crippen molar-refractivity contribution in [3.63, 3.8) is 0 Å². The predicted octanol–water partition coefficient (Wildman–Crippen LogP) is 2.52. The minimum atomic E-state index is -0.161. The van der Waals surface area contributed by atoms with Crippen LogP contribution in [0.4, 0.5) is 0 Å². The number of thiophene rings is 1. The summed E-state index contributed by atoms with van der Waals surface area (Å²) in [6.07, 6.45) is 2.07. The zero-order valence-corrected chi connectivity index (χ0v) is 14.0. The van der Waals surface area contributed by atoms with E-state index >= 15 is 0 Å². The summed E-state index contributed by atoms with van der Waals surface area (Å²) >= 11 is 1.44. The van der Waals surface area contributed by atoms with Crippen LogP contribution in [0.2, 0.25) is 0 Å². The first-order chi connectivity index (χ1) is 11.0. The Morgan fingerprint density at radius 2 is 2.04 bits per heavy atom. The second-order valence-corrected chi connectivity index (χ2v) is 6.89. The fraction of sp³-hybridized carbons (Fsp3) is 0.438. The summed E-state index contributed by atoms with van der Waals surface area (Å²) in [5.41, 5.74) is 0.350. The van der Waals surface area contributed by atoms with Crippen molar-refractivity contribution < 1.29 is 14.0 Å². The van der Waals surface area contributed by atoms with E-state index in [1.807, 2.05) is 13.0 Å². The summed E-state index contributed by atoms with van der Waals surface area (Å²) in [5, 5.41) is 2.77. The highest BCUT2D eigenvalue weighted by molar-refractivity contribution is 7.13. The Morgan fingerprint density at radius 3 is 2.70 bits per heavy atom. The fourth-order valence-corrected chi connectivity index (χ4v) is 3.38. The van der Waals surface area contributed by atoms with Crippen molar-refractivity contribution >= 4 is 23.2 Å². The Kier molecular flexibility index (Phi) is 4.47. The maximum absolute atomic E-state index is 12.4. The summed E-state index contributed by atoms with van der Waals surface area (Å²) in [7, 11) is 0. The van der Waals surface area contributed by atoms with Crippen LogP contribution < -0.4 is 5.32 Å². The first kappa shape index (κ1) is 15.7. The van der Waals surface area contributed by atoms with Crippen LogP contribution in [0.3, 0.4) is 0 Å². The van der Waals surface area contributed by atoms with Crippen LogP contribution in [0, 0.1) is 13.8 Å². The van der Waals surface area contributed by atoms with E-state index in [-0.39, 0.29) is 18.4 Å². The highest BCUT2D eigenvalue weighted by Gasteiger charge is 2.25. The molecule has 23 heavy (non-hydrogen) atoms. The molecule has 2 aromatic heterocycles. The second-order valence-electron chi connectivity index (χ2n) is 5.60. The largest absolute Gasteiger partial charge is 0.443 e. The third-order valence-electron chi connectivity index (χ3n) is 3.80. The molecule has 0 unspecified atom stereocenters. The average molecular weight is 333 g/mol. The molecule has 3 rings (SSSR count). The van der Waals surface area contributed by atoms with Crippen molar-refractivity contribution in [3.8, 4) is 0 Å². The average Bonchev–Trinajstić information content (AvgIpc) is 3.25. The van der Waals surface area contributed by atoms with Gasteiger partial charge < -0.3 is 14.6 Å². The van der Waals surface area contributed by atoms with Crippen molar-refractivity contribution in [2.24, 2.45) is 0 Å². The molecule has 0 radical (unpaired) electrons. The summed E-state index contributed by atoms with van der Waals surface area (Å²) in [6.45, 7) is 5.40. The SMILES string of the molecule is Cc1ccc(C(=O)NCc2nc(C(=O)N3CCCC3)c(C)o2)s1. The van der Waals surface area contributed by atoms with Crippen LogP contribution in [0.15, 0.2) is 16.5 Å². The summed E-state index contributed by atoms with van der Waals surface area (Å²) < 4.78 is 5.52.